The molecule has 2 atom stereocenters. The third kappa shape index (κ3) is 3.13. The van der Waals surface area contributed by atoms with Crippen molar-refractivity contribution in [2.24, 2.45) is 11.7 Å². The van der Waals surface area contributed by atoms with E-state index in [1.54, 1.807) is 11.2 Å². The number of nitrogens with two attached hydrogens (primary N) is 1. The monoisotopic (exact) mass is 250 g/mol. The maximum Gasteiger partial charge on any atom is 0.227 e. The Morgan fingerprint density at radius 1 is 1.44 bits per heavy atom. The van der Waals surface area contributed by atoms with Gasteiger partial charge in [0.1, 0.15) is 5.76 Å². The van der Waals surface area contributed by atoms with Gasteiger partial charge in [0, 0.05) is 13.1 Å². The van der Waals surface area contributed by atoms with E-state index < -0.39 is 0 Å². The summed E-state index contributed by atoms with van der Waals surface area (Å²) in [6.45, 7) is 0.523. The molecular formula is C14H22N2O2. The lowest BCUT2D eigenvalue weighted by atomic mass is 9.94. The van der Waals surface area contributed by atoms with Crippen LogP contribution in [0.1, 0.15) is 37.9 Å². The van der Waals surface area contributed by atoms with Crippen molar-refractivity contribution in [1.82, 2.24) is 4.90 Å². The van der Waals surface area contributed by atoms with Crippen LogP contribution in [0.25, 0.3) is 0 Å². The number of nitrogens with zero attached hydrogens (tertiary/aromatic N) is 1. The average Bonchev–Trinajstić information content (AvgIpc) is 2.76. The number of carbonyl (C=O) groups excluding carboxylic acids is 1. The summed E-state index contributed by atoms with van der Waals surface area (Å²) < 4.78 is 5.27. The van der Waals surface area contributed by atoms with Gasteiger partial charge in [0.2, 0.25) is 5.91 Å². The van der Waals surface area contributed by atoms with Gasteiger partial charge >= 0.3 is 0 Å². The van der Waals surface area contributed by atoms with Gasteiger partial charge in [-0.25, -0.2) is 0 Å². The molecule has 1 amide bonds. The molecular weight excluding hydrogens is 228 g/mol. The molecule has 0 aliphatic heterocycles. The van der Waals surface area contributed by atoms with Crippen LogP contribution in [-0.4, -0.2) is 23.9 Å². The number of furan rings is 1. The number of amides is 1. The lowest BCUT2D eigenvalue weighted by molar-refractivity contribution is -0.135. The summed E-state index contributed by atoms with van der Waals surface area (Å²) in [5.41, 5.74) is 6.12. The highest BCUT2D eigenvalue weighted by atomic mass is 16.3. The Morgan fingerprint density at radius 3 is 2.94 bits per heavy atom. The fourth-order valence-electron chi connectivity index (χ4n) is 2.64. The summed E-state index contributed by atoms with van der Waals surface area (Å²) in [5.74, 6) is 0.946. The van der Waals surface area contributed by atoms with Gasteiger partial charge in [-0.15, -0.1) is 0 Å². The van der Waals surface area contributed by atoms with Crippen molar-refractivity contribution in [3.63, 3.8) is 0 Å². The molecule has 18 heavy (non-hydrogen) atoms. The first-order valence-corrected chi connectivity index (χ1v) is 6.71. The molecule has 0 bridgehead atoms. The van der Waals surface area contributed by atoms with Crippen LogP contribution in [0.5, 0.6) is 0 Å². The molecule has 2 unspecified atom stereocenters. The van der Waals surface area contributed by atoms with Gasteiger partial charge in [0.15, 0.2) is 0 Å². The minimum Gasteiger partial charge on any atom is -0.467 e. The minimum atomic E-state index is -0.0209. The van der Waals surface area contributed by atoms with E-state index >= 15 is 0 Å². The Kier molecular flexibility index (Phi) is 4.42. The lowest BCUT2D eigenvalue weighted by Gasteiger charge is -2.25. The summed E-state index contributed by atoms with van der Waals surface area (Å²) in [7, 11) is 1.82. The third-order valence-electron chi connectivity index (χ3n) is 3.74. The molecule has 4 heteroatoms. The second-order valence-electron chi connectivity index (χ2n) is 5.18. The van der Waals surface area contributed by atoms with Crippen LogP contribution in [0.4, 0.5) is 0 Å². The van der Waals surface area contributed by atoms with E-state index in [4.69, 9.17) is 10.2 Å². The van der Waals surface area contributed by atoms with Crippen LogP contribution in [0, 0.1) is 5.92 Å². The van der Waals surface area contributed by atoms with Crippen LogP contribution in [0.2, 0.25) is 0 Å². The SMILES string of the molecule is CN(Cc1ccco1)C(=O)C1CCCCCC1N. The van der Waals surface area contributed by atoms with Gasteiger partial charge in [-0.05, 0) is 25.0 Å². The van der Waals surface area contributed by atoms with E-state index in [-0.39, 0.29) is 17.9 Å². The topological polar surface area (TPSA) is 59.5 Å². The second-order valence-corrected chi connectivity index (χ2v) is 5.18. The van der Waals surface area contributed by atoms with Crippen LogP contribution < -0.4 is 5.73 Å². The molecule has 0 aromatic carbocycles. The maximum absolute atomic E-state index is 12.4. The van der Waals surface area contributed by atoms with Crippen molar-refractivity contribution in [3.05, 3.63) is 24.2 Å². The van der Waals surface area contributed by atoms with E-state index in [2.05, 4.69) is 0 Å². The molecule has 1 aromatic rings. The van der Waals surface area contributed by atoms with E-state index in [9.17, 15) is 4.79 Å². The van der Waals surface area contributed by atoms with Gasteiger partial charge in [-0.1, -0.05) is 19.3 Å². The number of carbonyl (C=O) groups is 1. The van der Waals surface area contributed by atoms with Crippen molar-refractivity contribution in [2.45, 2.75) is 44.7 Å². The van der Waals surface area contributed by atoms with Gasteiger partial charge in [-0.3, -0.25) is 4.79 Å². The average molecular weight is 250 g/mol. The molecule has 1 saturated carbocycles. The van der Waals surface area contributed by atoms with E-state index in [1.807, 2.05) is 19.2 Å². The zero-order valence-electron chi connectivity index (χ0n) is 11.0. The Balaban J connectivity index is 1.96. The van der Waals surface area contributed by atoms with Crippen molar-refractivity contribution in [2.75, 3.05) is 7.05 Å². The lowest BCUT2D eigenvalue weighted by Crippen LogP contribution is -2.41. The first-order valence-electron chi connectivity index (χ1n) is 6.71. The molecule has 4 nitrogen and oxygen atoms in total. The van der Waals surface area contributed by atoms with E-state index in [1.165, 1.54) is 6.42 Å². The quantitative estimate of drug-likeness (QED) is 0.836. The summed E-state index contributed by atoms with van der Waals surface area (Å²) in [6, 6.07) is 3.74. The number of hydrogen-bond donors (Lipinski definition) is 1. The fraction of sp³-hybridized carbons (Fsp3) is 0.643. The highest BCUT2D eigenvalue weighted by Gasteiger charge is 2.29. The number of hydrogen-bond acceptors (Lipinski definition) is 3. The highest BCUT2D eigenvalue weighted by molar-refractivity contribution is 5.79. The summed E-state index contributed by atoms with van der Waals surface area (Å²) in [5, 5.41) is 0. The summed E-state index contributed by atoms with van der Waals surface area (Å²) >= 11 is 0. The normalized spacial score (nSPS) is 24.6. The van der Waals surface area contributed by atoms with Crippen molar-refractivity contribution < 1.29 is 9.21 Å². The number of rotatable bonds is 3. The standard InChI is InChI=1S/C14H22N2O2/c1-16(10-11-6-5-9-18-11)14(17)12-7-3-2-4-8-13(12)15/h5-6,9,12-13H,2-4,7-8,10,15H2,1H3. The van der Waals surface area contributed by atoms with Crippen LogP contribution in [-0.2, 0) is 11.3 Å². The molecule has 1 aliphatic rings. The predicted molar refractivity (Wildman–Crippen MR) is 69.7 cm³/mol. The van der Waals surface area contributed by atoms with Gasteiger partial charge in [0.05, 0.1) is 18.7 Å². The smallest absolute Gasteiger partial charge is 0.227 e. The van der Waals surface area contributed by atoms with Crippen LogP contribution in [0.3, 0.4) is 0 Å². The first kappa shape index (κ1) is 13.1. The summed E-state index contributed by atoms with van der Waals surface area (Å²) in [4.78, 5) is 14.1. The first-order chi connectivity index (χ1) is 8.68. The minimum absolute atomic E-state index is 0.0130. The largest absolute Gasteiger partial charge is 0.467 e. The Morgan fingerprint density at radius 2 is 2.22 bits per heavy atom. The zero-order chi connectivity index (χ0) is 13.0. The maximum atomic E-state index is 12.4. The molecule has 1 fully saturated rings. The molecule has 2 N–H and O–H groups in total. The highest BCUT2D eigenvalue weighted by Crippen LogP contribution is 2.24. The fourth-order valence-corrected chi connectivity index (χ4v) is 2.64. The van der Waals surface area contributed by atoms with E-state index in [0.717, 1.165) is 31.4 Å². The molecule has 0 spiro atoms. The van der Waals surface area contributed by atoms with E-state index in [0.29, 0.717) is 6.54 Å². The molecule has 2 rings (SSSR count). The molecule has 100 valence electrons. The molecule has 0 saturated heterocycles. The third-order valence-corrected chi connectivity index (χ3v) is 3.74. The zero-order valence-corrected chi connectivity index (χ0v) is 11.0. The van der Waals surface area contributed by atoms with Crippen molar-refractivity contribution in [3.8, 4) is 0 Å². The van der Waals surface area contributed by atoms with Crippen molar-refractivity contribution in [1.29, 1.82) is 0 Å². The summed E-state index contributed by atoms with van der Waals surface area (Å²) in [6.07, 6.45) is 6.96. The van der Waals surface area contributed by atoms with Gasteiger partial charge in [-0.2, -0.15) is 0 Å². The van der Waals surface area contributed by atoms with Gasteiger partial charge < -0.3 is 15.1 Å². The van der Waals surface area contributed by atoms with Crippen molar-refractivity contribution >= 4 is 5.91 Å². The molecule has 0 radical (unpaired) electrons. The van der Waals surface area contributed by atoms with Gasteiger partial charge in [0.25, 0.3) is 0 Å². The predicted octanol–water partition coefficient (Wildman–Crippen LogP) is 2.15. The van der Waals surface area contributed by atoms with Crippen LogP contribution >= 0.6 is 0 Å². The Labute approximate surface area is 108 Å². The van der Waals surface area contributed by atoms with Crippen LogP contribution in [0.15, 0.2) is 22.8 Å². The Bertz CT molecular complexity index is 375. The molecule has 1 aromatic heterocycles. The molecule has 1 aliphatic carbocycles. The molecule has 1 heterocycles. The Hall–Kier alpha value is -1.29. The second kappa shape index (κ2) is 6.05.